The Morgan fingerprint density at radius 3 is 2.20 bits per heavy atom. The van der Waals surface area contributed by atoms with E-state index >= 15 is 0 Å². The average molecular weight is 296 g/mol. The summed E-state index contributed by atoms with van der Waals surface area (Å²) in [5.41, 5.74) is 5.33. The van der Waals surface area contributed by atoms with E-state index in [9.17, 15) is 9.59 Å². The second-order valence-corrected chi connectivity index (χ2v) is 6.13. The first-order chi connectivity index (χ1) is 9.23. The van der Waals surface area contributed by atoms with Gasteiger partial charge < -0.3 is 15.8 Å². The Hall–Kier alpha value is -1.69. The number of rotatable bonds is 4. The van der Waals surface area contributed by atoms with Crippen molar-refractivity contribution in [2.45, 2.75) is 37.3 Å². The number of hydrogen-bond donors (Lipinski definition) is 2. The predicted octanol–water partition coefficient (Wildman–Crippen LogP) is 2.46. The van der Waals surface area contributed by atoms with Crippen LogP contribution < -0.4 is 11.1 Å². The van der Waals surface area contributed by atoms with Gasteiger partial charge in [-0.25, -0.2) is 4.79 Å². The van der Waals surface area contributed by atoms with Crippen LogP contribution in [0, 0.1) is 0 Å². The molecule has 1 unspecified atom stereocenters. The molecule has 1 atom stereocenters. The van der Waals surface area contributed by atoms with Crippen LogP contribution in [0.15, 0.2) is 29.2 Å². The molecule has 6 heteroatoms. The molecule has 20 heavy (non-hydrogen) atoms. The Morgan fingerprint density at radius 1 is 1.25 bits per heavy atom. The van der Waals surface area contributed by atoms with E-state index in [0.717, 1.165) is 4.90 Å². The third-order valence-electron chi connectivity index (χ3n) is 2.39. The van der Waals surface area contributed by atoms with Gasteiger partial charge >= 0.3 is 6.09 Å². The molecular weight excluding hydrogens is 276 g/mol. The molecule has 0 spiro atoms. The number of benzene rings is 1. The summed E-state index contributed by atoms with van der Waals surface area (Å²) in [6, 6.07) is 6.36. The van der Waals surface area contributed by atoms with Gasteiger partial charge in [0.05, 0.1) is 0 Å². The van der Waals surface area contributed by atoms with Gasteiger partial charge in [0, 0.05) is 4.90 Å². The molecule has 3 N–H and O–H groups in total. The van der Waals surface area contributed by atoms with Gasteiger partial charge in [0.25, 0.3) is 0 Å². The number of hydrogen-bond acceptors (Lipinski definition) is 4. The zero-order valence-electron chi connectivity index (χ0n) is 12.1. The molecule has 0 aliphatic carbocycles. The Bertz CT molecular complexity index is 480. The van der Waals surface area contributed by atoms with Crippen LogP contribution in [0.2, 0.25) is 0 Å². The predicted molar refractivity (Wildman–Crippen MR) is 79.5 cm³/mol. The minimum atomic E-state index is -0.902. The highest BCUT2D eigenvalue weighted by Gasteiger charge is 2.23. The molecule has 0 fully saturated rings. The molecule has 0 bridgehead atoms. The van der Waals surface area contributed by atoms with Gasteiger partial charge in [0.15, 0.2) is 0 Å². The first-order valence-electron chi connectivity index (χ1n) is 6.15. The largest absolute Gasteiger partial charge is 0.444 e. The first-order valence-corrected chi connectivity index (χ1v) is 7.38. The van der Waals surface area contributed by atoms with E-state index in [1.165, 1.54) is 0 Å². The zero-order chi connectivity index (χ0) is 15.3. The fourth-order valence-electron chi connectivity index (χ4n) is 1.54. The number of amides is 2. The van der Waals surface area contributed by atoms with Crippen LogP contribution in [-0.4, -0.2) is 23.9 Å². The summed E-state index contributed by atoms with van der Waals surface area (Å²) in [6.07, 6.45) is 1.29. The van der Waals surface area contributed by atoms with E-state index in [1.54, 1.807) is 44.7 Å². The normalized spacial score (nSPS) is 12.6. The number of nitrogens with one attached hydrogen (secondary N) is 1. The number of ether oxygens (including phenoxy) is 1. The molecule has 0 saturated carbocycles. The third-order valence-corrected chi connectivity index (χ3v) is 3.14. The molecule has 1 aromatic carbocycles. The molecule has 0 saturated heterocycles. The Kier molecular flexibility index (Phi) is 5.44. The molecule has 0 aromatic heterocycles. The van der Waals surface area contributed by atoms with Gasteiger partial charge in [-0.2, -0.15) is 0 Å². The van der Waals surface area contributed by atoms with Crippen molar-refractivity contribution >= 4 is 23.8 Å². The van der Waals surface area contributed by atoms with Crippen molar-refractivity contribution < 1.29 is 14.3 Å². The van der Waals surface area contributed by atoms with E-state index < -0.39 is 23.6 Å². The van der Waals surface area contributed by atoms with Crippen LogP contribution >= 0.6 is 11.8 Å². The summed E-state index contributed by atoms with van der Waals surface area (Å²) in [5, 5.41) is 2.48. The lowest BCUT2D eigenvalue weighted by molar-refractivity contribution is -0.120. The lowest BCUT2D eigenvalue weighted by Gasteiger charge is -2.22. The molecule has 0 radical (unpaired) electrons. The number of nitrogens with two attached hydrogens (primary N) is 1. The topological polar surface area (TPSA) is 81.4 Å². The van der Waals surface area contributed by atoms with Crippen molar-refractivity contribution in [2.75, 3.05) is 6.26 Å². The molecule has 110 valence electrons. The third kappa shape index (κ3) is 5.13. The fourth-order valence-corrected chi connectivity index (χ4v) is 1.95. The maximum absolute atomic E-state index is 11.7. The molecule has 5 nitrogen and oxygen atoms in total. The van der Waals surface area contributed by atoms with Crippen molar-refractivity contribution in [3.05, 3.63) is 29.8 Å². The summed E-state index contributed by atoms with van der Waals surface area (Å²) >= 11 is 1.59. The van der Waals surface area contributed by atoms with Crippen LogP contribution in [0.1, 0.15) is 32.4 Å². The summed E-state index contributed by atoms with van der Waals surface area (Å²) in [6.45, 7) is 5.25. The monoisotopic (exact) mass is 296 g/mol. The number of thioether (sulfide) groups is 1. The van der Waals surface area contributed by atoms with Crippen molar-refractivity contribution in [3.8, 4) is 0 Å². The molecular formula is C14H20N2O3S. The minimum absolute atomic E-state index is 0.626. The van der Waals surface area contributed by atoms with Gasteiger partial charge in [-0.1, -0.05) is 12.1 Å². The van der Waals surface area contributed by atoms with Crippen molar-refractivity contribution in [1.29, 1.82) is 0 Å². The van der Waals surface area contributed by atoms with Crippen LogP contribution in [0.3, 0.4) is 0 Å². The standard InChI is InChI=1S/C14H20N2O3S/c1-14(2,3)19-13(18)16-11(12(15)17)9-5-7-10(20-4)8-6-9/h5-8,11H,1-4H3,(H2,15,17)(H,16,18). The molecule has 1 rings (SSSR count). The van der Waals surface area contributed by atoms with E-state index in [1.807, 2.05) is 18.4 Å². The van der Waals surface area contributed by atoms with E-state index in [0.29, 0.717) is 5.56 Å². The second-order valence-electron chi connectivity index (χ2n) is 5.25. The van der Waals surface area contributed by atoms with Gasteiger partial charge in [0.1, 0.15) is 11.6 Å². The van der Waals surface area contributed by atoms with Crippen molar-refractivity contribution in [2.24, 2.45) is 5.73 Å². The first kappa shape index (κ1) is 16.4. The van der Waals surface area contributed by atoms with Crippen LogP contribution in [0.4, 0.5) is 4.79 Å². The van der Waals surface area contributed by atoms with Crippen molar-refractivity contribution in [3.63, 3.8) is 0 Å². The molecule has 0 aliphatic rings. The number of carbonyl (C=O) groups is 2. The van der Waals surface area contributed by atoms with Gasteiger partial charge in [-0.15, -0.1) is 11.8 Å². The van der Waals surface area contributed by atoms with Crippen LogP contribution in [0.5, 0.6) is 0 Å². The highest BCUT2D eigenvalue weighted by Crippen LogP contribution is 2.19. The SMILES string of the molecule is CSc1ccc(C(NC(=O)OC(C)(C)C)C(N)=O)cc1. The smallest absolute Gasteiger partial charge is 0.408 e. The number of primary amides is 1. The Labute approximate surface area is 123 Å². The maximum atomic E-state index is 11.7. The van der Waals surface area contributed by atoms with Gasteiger partial charge in [-0.3, -0.25) is 4.79 Å². The molecule has 2 amide bonds. The highest BCUT2D eigenvalue weighted by atomic mass is 32.2. The molecule has 1 aromatic rings. The maximum Gasteiger partial charge on any atom is 0.408 e. The van der Waals surface area contributed by atoms with E-state index in [4.69, 9.17) is 10.5 Å². The number of alkyl carbamates (subject to hydrolysis) is 1. The van der Waals surface area contributed by atoms with Crippen LogP contribution in [0.25, 0.3) is 0 Å². The highest BCUT2D eigenvalue weighted by molar-refractivity contribution is 7.98. The van der Waals surface area contributed by atoms with Gasteiger partial charge in [0.2, 0.25) is 5.91 Å². The van der Waals surface area contributed by atoms with Gasteiger partial charge in [-0.05, 0) is 44.7 Å². The molecule has 0 heterocycles. The lowest BCUT2D eigenvalue weighted by atomic mass is 10.1. The Morgan fingerprint density at radius 2 is 1.80 bits per heavy atom. The minimum Gasteiger partial charge on any atom is -0.444 e. The molecule has 0 aliphatic heterocycles. The van der Waals surface area contributed by atoms with E-state index in [2.05, 4.69) is 5.32 Å². The van der Waals surface area contributed by atoms with E-state index in [-0.39, 0.29) is 0 Å². The second kappa shape index (κ2) is 6.65. The average Bonchev–Trinajstić information content (AvgIpc) is 2.34. The fraction of sp³-hybridized carbons (Fsp3) is 0.429. The zero-order valence-corrected chi connectivity index (χ0v) is 12.9. The summed E-state index contributed by atoms with van der Waals surface area (Å²) in [7, 11) is 0. The Balaban J connectivity index is 2.83. The van der Waals surface area contributed by atoms with Crippen molar-refractivity contribution in [1.82, 2.24) is 5.32 Å². The summed E-state index contributed by atoms with van der Waals surface area (Å²) in [4.78, 5) is 24.3. The van der Waals surface area contributed by atoms with Crippen LogP contribution in [-0.2, 0) is 9.53 Å². The summed E-state index contributed by atoms with van der Waals surface area (Å²) < 4.78 is 5.12. The summed E-state index contributed by atoms with van der Waals surface area (Å²) in [5.74, 6) is -0.632. The lowest BCUT2D eigenvalue weighted by Crippen LogP contribution is -2.40. The quantitative estimate of drug-likeness (QED) is 0.836. The number of carbonyl (C=O) groups excluding carboxylic acids is 2.